The van der Waals surface area contributed by atoms with Crippen molar-refractivity contribution in [1.29, 1.82) is 0 Å². The molecule has 0 amide bonds. The van der Waals surface area contributed by atoms with E-state index in [4.69, 9.17) is 18.9 Å². The number of ether oxygens (including phenoxy) is 4. The van der Waals surface area contributed by atoms with Crippen molar-refractivity contribution < 1.29 is 38.7 Å². The van der Waals surface area contributed by atoms with Crippen LogP contribution in [0.1, 0.15) is 34.1 Å². The van der Waals surface area contributed by atoms with Crippen LogP contribution in [0.15, 0.2) is 11.6 Å². The Labute approximate surface area is 157 Å². The molecule has 27 heavy (non-hydrogen) atoms. The molecular formula is C19H26O8. The van der Waals surface area contributed by atoms with E-state index in [9.17, 15) is 19.8 Å². The third-order valence-corrected chi connectivity index (χ3v) is 7.18. The predicted molar refractivity (Wildman–Crippen MR) is 90.5 cm³/mol. The molecule has 2 heterocycles. The molecule has 2 aliphatic carbocycles. The van der Waals surface area contributed by atoms with Crippen molar-refractivity contribution in [2.45, 2.75) is 70.2 Å². The number of carbonyl (C=O) groups is 2. The maximum atomic E-state index is 11.8. The Hall–Kier alpha value is -1.48. The Morgan fingerprint density at radius 3 is 2.52 bits per heavy atom. The largest absolute Gasteiger partial charge is 0.465 e. The van der Waals surface area contributed by atoms with Crippen LogP contribution >= 0.6 is 0 Å². The van der Waals surface area contributed by atoms with Crippen LogP contribution in [0.3, 0.4) is 0 Å². The van der Waals surface area contributed by atoms with E-state index in [1.807, 2.05) is 19.9 Å². The number of carbonyl (C=O) groups excluding carboxylic acids is 2. The van der Waals surface area contributed by atoms with E-state index >= 15 is 0 Å². The zero-order chi connectivity index (χ0) is 19.8. The zero-order valence-corrected chi connectivity index (χ0v) is 15.9. The van der Waals surface area contributed by atoms with Gasteiger partial charge < -0.3 is 29.2 Å². The summed E-state index contributed by atoms with van der Waals surface area (Å²) in [7, 11) is 0. The van der Waals surface area contributed by atoms with E-state index in [1.54, 1.807) is 0 Å². The molecule has 8 nitrogen and oxygen atoms in total. The molecule has 2 saturated heterocycles. The predicted octanol–water partition coefficient (Wildman–Crippen LogP) is 0.0957. The number of aliphatic hydroxyl groups excluding tert-OH is 2. The lowest BCUT2D eigenvalue weighted by atomic mass is 9.51. The average molecular weight is 382 g/mol. The molecule has 3 unspecified atom stereocenters. The molecule has 2 bridgehead atoms. The standard InChI is InChI=1S/C19H26O8/c1-9-5-13-18(6-12(9)22,7-24-10(2)20)17(4)15(26-11(3)21)14(23)16(27-13)19(17)8-25-19/h5,12-16,22-23H,6-8H2,1-4H3/t12?,13-,14?,15?,16-,17-,18-,19+/m1/s1. The van der Waals surface area contributed by atoms with Crippen LogP contribution in [-0.4, -0.2) is 71.5 Å². The van der Waals surface area contributed by atoms with Gasteiger partial charge in [0.1, 0.15) is 30.5 Å². The summed E-state index contributed by atoms with van der Waals surface area (Å²) in [6.07, 6.45) is -1.86. The first-order valence-electron chi connectivity index (χ1n) is 9.23. The smallest absolute Gasteiger partial charge is 0.303 e. The van der Waals surface area contributed by atoms with Gasteiger partial charge in [-0.2, -0.15) is 0 Å². The molecule has 3 fully saturated rings. The molecule has 4 aliphatic rings. The lowest BCUT2D eigenvalue weighted by Gasteiger charge is -2.58. The Bertz CT molecular complexity index is 712. The van der Waals surface area contributed by atoms with Crippen LogP contribution in [0.5, 0.6) is 0 Å². The number of aliphatic hydroxyl groups is 2. The van der Waals surface area contributed by atoms with Gasteiger partial charge in [-0.1, -0.05) is 13.0 Å². The summed E-state index contributed by atoms with van der Waals surface area (Å²) < 4.78 is 23.1. The molecule has 0 aromatic heterocycles. The Kier molecular flexibility index (Phi) is 4.03. The van der Waals surface area contributed by atoms with Crippen LogP contribution in [0.4, 0.5) is 0 Å². The molecule has 8 heteroatoms. The van der Waals surface area contributed by atoms with Crippen molar-refractivity contribution in [3.05, 3.63) is 11.6 Å². The second kappa shape index (κ2) is 5.76. The highest BCUT2D eigenvalue weighted by Crippen LogP contribution is 2.72. The lowest BCUT2D eigenvalue weighted by molar-refractivity contribution is -0.239. The van der Waals surface area contributed by atoms with E-state index < -0.39 is 58.9 Å². The number of epoxide rings is 1. The molecule has 1 spiro atoms. The Balaban J connectivity index is 1.88. The fraction of sp³-hybridized carbons (Fsp3) is 0.789. The minimum Gasteiger partial charge on any atom is -0.465 e. The quantitative estimate of drug-likeness (QED) is 0.401. The molecule has 4 rings (SSSR count). The zero-order valence-electron chi connectivity index (χ0n) is 15.9. The van der Waals surface area contributed by atoms with Gasteiger partial charge >= 0.3 is 11.9 Å². The molecule has 150 valence electrons. The van der Waals surface area contributed by atoms with Crippen LogP contribution in [0.2, 0.25) is 0 Å². The number of hydrogen-bond donors (Lipinski definition) is 2. The SMILES string of the molecule is CC(=O)OC[C@]12CC(O)C(C)=C[C@H]1O[C@@H]1C(O)C(OC(C)=O)[C@@]2(C)[C@]12CO2. The molecule has 0 radical (unpaired) electrons. The first-order valence-corrected chi connectivity index (χ1v) is 9.23. The summed E-state index contributed by atoms with van der Waals surface area (Å²) in [5, 5.41) is 21.6. The minimum absolute atomic E-state index is 0.0351. The third-order valence-electron chi connectivity index (χ3n) is 7.18. The van der Waals surface area contributed by atoms with Gasteiger partial charge in [-0.05, 0) is 18.9 Å². The summed E-state index contributed by atoms with van der Waals surface area (Å²) >= 11 is 0. The summed E-state index contributed by atoms with van der Waals surface area (Å²) in [6.45, 7) is 6.61. The minimum atomic E-state index is -1.08. The van der Waals surface area contributed by atoms with Crippen LogP contribution < -0.4 is 0 Å². The average Bonchev–Trinajstić information content (AvgIpc) is 3.36. The third kappa shape index (κ3) is 2.24. The maximum Gasteiger partial charge on any atom is 0.303 e. The number of esters is 2. The van der Waals surface area contributed by atoms with Gasteiger partial charge in [-0.25, -0.2) is 0 Å². The molecule has 0 aromatic carbocycles. The van der Waals surface area contributed by atoms with E-state index in [-0.39, 0.29) is 13.0 Å². The number of fused-ring (bicyclic) bond motifs is 2. The van der Waals surface area contributed by atoms with Crippen molar-refractivity contribution >= 4 is 11.9 Å². The molecule has 2 aliphatic heterocycles. The Morgan fingerprint density at radius 1 is 1.30 bits per heavy atom. The normalized spacial score (nSPS) is 50.0. The van der Waals surface area contributed by atoms with Gasteiger partial charge in [0.2, 0.25) is 0 Å². The van der Waals surface area contributed by atoms with Crippen LogP contribution in [0, 0.1) is 10.8 Å². The van der Waals surface area contributed by atoms with Gasteiger partial charge in [0.25, 0.3) is 0 Å². The van der Waals surface area contributed by atoms with E-state index in [1.165, 1.54) is 13.8 Å². The second-order valence-electron chi connectivity index (χ2n) is 8.45. The fourth-order valence-corrected chi connectivity index (χ4v) is 5.60. The molecular weight excluding hydrogens is 356 g/mol. The van der Waals surface area contributed by atoms with Crippen molar-refractivity contribution in [3.8, 4) is 0 Å². The van der Waals surface area contributed by atoms with Gasteiger partial charge in [-0.15, -0.1) is 0 Å². The lowest BCUT2D eigenvalue weighted by Crippen LogP contribution is -2.67. The monoisotopic (exact) mass is 382 g/mol. The van der Waals surface area contributed by atoms with E-state index in [0.29, 0.717) is 6.61 Å². The topological polar surface area (TPSA) is 115 Å². The van der Waals surface area contributed by atoms with E-state index in [2.05, 4.69) is 0 Å². The van der Waals surface area contributed by atoms with Crippen molar-refractivity contribution in [2.24, 2.45) is 10.8 Å². The number of rotatable bonds is 3. The molecule has 1 saturated carbocycles. The fourth-order valence-electron chi connectivity index (χ4n) is 5.60. The van der Waals surface area contributed by atoms with Crippen molar-refractivity contribution in [3.63, 3.8) is 0 Å². The van der Waals surface area contributed by atoms with E-state index in [0.717, 1.165) is 5.57 Å². The summed E-state index contributed by atoms with van der Waals surface area (Å²) in [5.74, 6) is -0.978. The molecule has 8 atom stereocenters. The van der Waals surface area contributed by atoms with Crippen LogP contribution in [-0.2, 0) is 28.5 Å². The number of hydrogen-bond acceptors (Lipinski definition) is 8. The van der Waals surface area contributed by atoms with Gasteiger partial charge in [0.15, 0.2) is 0 Å². The van der Waals surface area contributed by atoms with Gasteiger partial charge in [0.05, 0.1) is 24.2 Å². The van der Waals surface area contributed by atoms with Crippen LogP contribution in [0.25, 0.3) is 0 Å². The highest BCUT2D eigenvalue weighted by Gasteiger charge is 2.86. The first kappa shape index (κ1) is 18.9. The van der Waals surface area contributed by atoms with Crippen molar-refractivity contribution in [1.82, 2.24) is 0 Å². The maximum absolute atomic E-state index is 11.8. The highest BCUT2D eigenvalue weighted by molar-refractivity contribution is 5.67. The summed E-state index contributed by atoms with van der Waals surface area (Å²) in [4.78, 5) is 23.4. The van der Waals surface area contributed by atoms with Gasteiger partial charge in [0, 0.05) is 19.3 Å². The van der Waals surface area contributed by atoms with Gasteiger partial charge in [-0.3, -0.25) is 9.59 Å². The first-order chi connectivity index (χ1) is 12.6. The van der Waals surface area contributed by atoms with Crippen molar-refractivity contribution in [2.75, 3.05) is 13.2 Å². The summed E-state index contributed by atoms with van der Waals surface area (Å²) in [6, 6.07) is 0. The Morgan fingerprint density at radius 2 is 1.96 bits per heavy atom. The summed E-state index contributed by atoms with van der Waals surface area (Å²) in [5.41, 5.74) is -1.91. The molecule has 0 aromatic rings. The molecule has 2 N–H and O–H groups in total. The second-order valence-corrected chi connectivity index (χ2v) is 8.45. The highest BCUT2D eigenvalue weighted by atomic mass is 16.7.